The molecule has 0 spiro atoms. The number of amides is 1. The highest BCUT2D eigenvalue weighted by molar-refractivity contribution is 7.80. The fourth-order valence-electron chi connectivity index (χ4n) is 1.32. The van der Waals surface area contributed by atoms with E-state index in [-0.39, 0.29) is 22.8 Å². The second kappa shape index (κ2) is 5.44. The lowest BCUT2D eigenvalue weighted by Crippen LogP contribution is -2.45. The van der Waals surface area contributed by atoms with E-state index >= 15 is 0 Å². The highest BCUT2D eigenvalue weighted by atomic mass is 32.1. The molecule has 1 aromatic carbocycles. The number of halogens is 1. The molecule has 0 aliphatic heterocycles. The Labute approximate surface area is 112 Å². The first-order valence-corrected chi connectivity index (χ1v) is 6.02. The van der Waals surface area contributed by atoms with E-state index < -0.39 is 5.41 Å². The number of benzene rings is 1. The van der Waals surface area contributed by atoms with Crippen LogP contribution in [-0.4, -0.2) is 10.9 Å². The van der Waals surface area contributed by atoms with Gasteiger partial charge in [0.2, 0.25) is 5.91 Å². The molecule has 3 N–H and O–H groups in total. The monoisotopic (exact) mass is 268 g/mol. The maximum atomic E-state index is 12.8. The van der Waals surface area contributed by atoms with E-state index in [4.69, 9.17) is 18.0 Å². The Kier molecular flexibility index (Phi) is 4.40. The predicted octanol–water partition coefficient (Wildman–Crippen LogP) is 2.32. The Balaban J connectivity index is 2.76. The molecule has 0 aliphatic rings. The molecule has 0 fully saturated rings. The summed E-state index contributed by atoms with van der Waals surface area (Å²) in [5.74, 6) is -0.549. The van der Waals surface area contributed by atoms with Crippen LogP contribution in [0, 0.1) is 11.2 Å². The van der Waals surface area contributed by atoms with Crippen molar-refractivity contribution in [3.8, 4) is 0 Å². The summed E-state index contributed by atoms with van der Waals surface area (Å²) in [5, 5.41) is 2.81. The summed E-state index contributed by atoms with van der Waals surface area (Å²) in [6.07, 6.45) is 0. The Hall–Kier alpha value is -1.49. The van der Waals surface area contributed by atoms with E-state index in [0.717, 1.165) is 5.56 Å². The summed E-state index contributed by atoms with van der Waals surface area (Å²) in [4.78, 5) is 12.1. The number of nitrogens with one attached hydrogen (secondary N) is 1. The van der Waals surface area contributed by atoms with E-state index in [9.17, 15) is 9.18 Å². The number of hydrogen-bond donors (Lipinski definition) is 2. The molecule has 3 nitrogen and oxygen atoms in total. The van der Waals surface area contributed by atoms with Crippen LogP contribution in [0.5, 0.6) is 0 Å². The molecule has 0 bridgehead atoms. The smallest absolute Gasteiger partial charge is 0.232 e. The number of carbonyl (C=O) groups is 1. The lowest BCUT2D eigenvalue weighted by atomic mass is 9.91. The van der Waals surface area contributed by atoms with Crippen LogP contribution in [0.4, 0.5) is 4.39 Å². The molecule has 0 aliphatic carbocycles. The average molecular weight is 268 g/mol. The summed E-state index contributed by atoms with van der Waals surface area (Å²) in [5.41, 5.74) is 5.45. The second-order valence-corrected chi connectivity index (χ2v) is 5.18. The van der Waals surface area contributed by atoms with E-state index in [1.807, 2.05) is 6.92 Å². The Morgan fingerprint density at radius 3 is 2.33 bits per heavy atom. The number of carbonyl (C=O) groups excluding carboxylic acids is 1. The maximum Gasteiger partial charge on any atom is 0.232 e. The number of thiocarbonyl (C=S) groups is 1. The molecular weight excluding hydrogens is 251 g/mol. The number of hydrogen-bond acceptors (Lipinski definition) is 2. The van der Waals surface area contributed by atoms with Gasteiger partial charge in [-0.25, -0.2) is 4.39 Å². The van der Waals surface area contributed by atoms with Gasteiger partial charge in [0.15, 0.2) is 0 Å². The van der Waals surface area contributed by atoms with Gasteiger partial charge in [-0.2, -0.15) is 0 Å². The topological polar surface area (TPSA) is 55.1 Å². The Bertz CT molecular complexity index is 457. The first kappa shape index (κ1) is 14.6. The molecule has 1 amide bonds. The second-order valence-electron chi connectivity index (χ2n) is 4.74. The van der Waals surface area contributed by atoms with Gasteiger partial charge >= 0.3 is 0 Å². The van der Waals surface area contributed by atoms with Crippen LogP contribution < -0.4 is 11.1 Å². The zero-order valence-electron chi connectivity index (χ0n) is 10.7. The van der Waals surface area contributed by atoms with Crippen molar-refractivity contribution >= 4 is 23.1 Å². The molecule has 0 saturated heterocycles. The highest BCUT2D eigenvalue weighted by Crippen LogP contribution is 2.19. The SMILES string of the molecule is CC(NC(=O)C(C)(C)C(N)=S)c1ccc(F)cc1. The van der Waals surface area contributed by atoms with E-state index in [1.165, 1.54) is 12.1 Å². The van der Waals surface area contributed by atoms with Crippen LogP contribution in [0.3, 0.4) is 0 Å². The molecule has 98 valence electrons. The molecule has 5 heteroatoms. The lowest BCUT2D eigenvalue weighted by Gasteiger charge is -2.25. The van der Waals surface area contributed by atoms with Gasteiger partial charge in [0.05, 0.1) is 16.4 Å². The van der Waals surface area contributed by atoms with Gasteiger partial charge in [-0.3, -0.25) is 4.79 Å². The van der Waals surface area contributed by atoms with Gasteiger partial charge in [0.1, 0.15) is 5.82 Å². The molecule has 0 aromatic heterocycles. The van der Waals surface area contributed by atoms with Crippen LogP contribution in [0.15, 0.2) is 24.3 Å². The van der Waals surface area contributed by atoms with Crippen molar-refractivity contribution in [3.05, 3.63) is 35.6 Å². The van der Waals surface area contributed by atoms with Crippen molar-refractivity contribution in [2.75, 3.05) is 0 Å². The molecule has 1 aromatic rings. The first-order chi connectivity index (χ1) is 8.25. The standard InChI is InChI=1S/C13H17FN2OS/c1-8(9-4-6-10(14)7-5-9)16-12(17)13(2,3)11(15)18/h4-8H,1-3H3,(H2,15,18)(H,16,17). The zero-order valence-corrected chi connectivity index (χ0v) is 11.5. The number of rotatable bonds is 4. The third-order valence-electron chi connectivity index (χ3n) is 2.90. The van der Waals surface area contributed by atoms with E-state index in [0.29, 0.717) is 0 Å². The minimum absolute atomic E-state index is 0.145. The van der Waals surface area contributed by atoms with Crippen molar-refractivity contribution in [1.29, 1.82) is 0 Å². The normalized spacial score (nSPS) is 12.9. The van der Waals surface area contributed by atoms with Crippen molar-refractivity contribution in [3.63, 3.8) is 0 Å². The van der Waals surface area contributed by atoms with Crippen molar-refractivity contribution in [2.45, 2.75) is 26.8 Å². The predicted molar refractivity (Wildman–Crippen MR) is 73.5 cm³/mol. The summed E-state index contributed by atoms with van der Waals surface area (Å²) in [6, 6.07) is 5.75. The van der Waals surface area contributed by atoms with Gasteiger partial charge in [0, 0.05) is 0 Å². The highest BCUT2D eigenvalue weighted by Gasteiger charge is 2.31. The zero-order chi connectivity index (χ0) is 13.9. The fraction of sp³-hybridized carbons (Fsp3) is 0.385. The van der Waals surface area contributed by atoms with Gasteiger partial charge in [-0.1, -0.05) is 24.4 Å². The summed E-state index contributed by atoms with van der Waals surface area (Å²) in [7, 11) is 0. The van der Waals surface area contributed by atoms with Gasteiger partial charge in [0.25, 0.3) is 0 Å². The Morgan fingerprint density at radius 1 is 1.39 bits per heavy atom. The molecular formula is C13H17FN2OS. The molecule has 18 heavy (non-hydrogen) atoms. The third-order valence-corrected chi connectivity index (χ3v) is 3.41. The molecule has 1 atom stereocenters. The van der Waals surface area contributed by atoms with Gasteiger partial charge in [-0.15, -0.1) is 0 Å². The van der Waals surface area contributed by atoms with Crippen LogP contribution >= 0.6 is 12.2 Å². The minimum atomic E-state index is -0.899. The van der Waals surface area contributed by atoms with E-state index in [1.54, 1.807) is 26.0 Å². The minimum Gasteiger partial charge on any atom is -0.392 e. The molecule has 0 radical (unpaired) electrons. The number of nitrogens with two attached hydrogens (primary N) is 1. The first-order valence-electron chi connectivity index (χ1n) is 5.61. The van der Waals surface area contributed by atoms with Gasteiger partial charge < -0.3 is 11.1 Å². The van der Waals surface area contributed by atoms with Crippen molar-refractivity contribution < 1.29 is 9.18 Å². The van der Waals surface area contributed by atoms with Crippen LogP contribution in [0.2, 0.25) is 0 Å². The van der Waals surface area contributed by atoms with Gasteiger partial charge in [-0.05, 0) is 38.5 Å². The van der Waals surface area contributed by atoms with E-state index in [2.05, 4.69) is 5.32 Å². The fourth-order valence-corrected chi connectivity index (χ4v) is 1.42. The maximum absolute atomic E-state index is 12.8. The van der Waals surface area contributed by atoms with Crippen LogP contribution in [0.1, 0.15) is 32.4 Å². The lowest BCUT2D eigenvalue weighted by molar-refractivity contribution is -0.126. The molecule has 0 heterocycles. The third kappa shape index (κ3) is 3.26. The van der Waals surface area contributed by atoms with Crippen molar-refractivity contribution in [2.24, 2.45) is 11.1 Å². The van der Waals surface area contributed by atoms with Crippen LogP contribution in [0.25, 0.3) is 0 Å². The average Bonchev–Trinajstić information content (AvgIpc) is 2.29. The molecule has 0 saturated carbocycles. The van der Waals surface area contributed by atoms with Crippen LogP contribution in [-0.2, 0) is 4.79 Å². The summed E-state index contributed by atoms with van der Waals surface area (Å²) < 4.78 is 12.8. The quantitative estimate of drug-likeness (QED) is 0.824. The molecule has 1 unspecified atom stereocenters. The molecule has 1 rings (SSSR count). The summed E-state index contributed by atoms with van der Waals surface area (Å²) in [6.45, 7) is 5.16. The Morgan fingerprint density at radius 2 is 1.89 bits per heavy atom. The largest absolute Gasteiger partial charge is 0.392 e. The summed E-state index contributed by atoms with van der Waals surface area (Å²) >= 11 is 4.86. The van der Waals surface area contributed by atoms with Crippen molar-refractivity contribution in [1.82, 2.24) is 5.32 Å².